The summed E-state index contributed by atoms with van der Waals surface area (Å²) in [6.07, 6.45) is -1.24. The summed E-state index contributed by atoms with van der Waals surface area (Å²) < 4.78 is 0. The average Bonchev–Trinajstić information content (AvgIpc) is 3.22. The van der Waals surface area contributed by atoms with Crippen LogP contribution >= 0.6 is 11.6 Å². The van der Waals surface area contributed by atoms with Gasteiger partial charge in [0.05, 0.1) is 11.7 Å². The quantitative estimate of drug-likeness (QED) is 0.557. The van der Waals surface area contributed by atoms with Gasteiger partial charge in [-0.3, -0.25) is 14.4 Å². The Hall–Kier alpha value is -3.52. The van der Waals surface area contributed by atoms with Crippen LogP contribution in [-0.2, 0) is 14.4 Å². The number of amides is 2. The first kappa shape index (κ1) is 17.9. The van der Waals surface area contributed by atoms with E-state index in [1.54, 1.807) is 0 Å². The van der Waals surface area contributed by atoms with Crippen LogP contribution in [0.25, 0.3) is 0 Å². The molecule has 8 nitrogen and oxygen atoms in total. The van der Waals surface area contributed by atoms with Gasteiger partial charge in [-0.25, -0.2) is 4.90 Å². The molecule has 0 spiro atoms. The highest BCUT2D eigenvalue weighted by atomic mass is 35.5. The van der Waals surface area contributed by atoms with E-state index in [0.29, 0.717) is 5.02 Å². The number of hydrogen-bond donors (Lipinski definition) is 0. The maximum atomic E-state index is 12.9. The molecule has 2 heterocycles. The summed E-state index contributed by atoms with van der Waals surface area (Å²) in [5, 5.41) is 15.0. The third-order valence-corrected chi connectivity index (χ3v) is 4.76. The van der Waals surface area contributed by atoms with Crippen molar-refractivity contribution in [2.24, 2.45) is 11.1 Å². The summed E-state index contributed by atoms with van der Waals surface area (Å²) in [6.45, 7) is 0. The number of benzene rings is 2. The van der Waals surface area contributed by atoms with Crippen LogP contribution in [0.3, 0.4) is 0 Å². The average molecular weight is 398 g/mol. The Bertz CT molecular complexity index is 1050. The lowest BCUT2D eigenvalue weighted by molar-refractivity contribution is -0.255. The van der Waals surface area contributed by atoms with E-state index in [9.17, 15) is 24.3 Å². The molecule has 0 N–H and O–H groups in total. The molecule has 0 aromatic heterocycles. The first-order valence-electron chi connectivity index (χ1n) is 8.11. The molecule has 2 aliphatic rings. The van der Waals surface area contributed by atoms with Crippen molar-refractivity contribution in [1.82, 2.24) is 0 Å². The molecule has 140 valence electrons. The Balaban J connectivity index is 1.63. The summed E-state index contributed by atoms with van der Waals surface area (Å²) in [4.78, 5) is 55.0. The van der Waals surface area contributed by atoms with E-state index in [2.05, 4.69) is 5.16 Å². The van der Waals surface area contributed by atoms with Crippen LogP contribution < -0.4 is 10.0 Å². The van der Waals surface area contributed by atoms with Crippen LogP contribution in [0, 0.1) is 5.92 Å². The standard InChI is InChI=1S/C19H11ClN2O6/c20-11-5-1-9(2-6-11)15(23)14-13-16(28-21-14)18(25)22(17(13)24)12-7-3-10(4-8-12)19(26)27/h1-8,13,16H,(H,26,27)/p-1/t13-,16+/m1/s1. The molecule has 2 aliphatic heterocycles. The van der Waals surface area contributed by atoms with E-state index >= 15 is 0 Å². The molecule has 0 radical (unpaired) electrons. The van der Waals surface area contributed by atoms with Crippen LogP contribution in [-0.4, -0.2) is 35.4 Å². The number of oxime groups is 1. The molecule has 0 unspecified atom stereocenters. The second-order valence-electron chi connectivity index (χ2n) is 6.16. The number of ketones is 1. The largest absolute Gasteiger partial charge is 0.545 e. The Morgan fingerprint density at radius 1 is 0.964 bits per heavy atom. The number of fused-ring (bicyclic) bond motifs is 1. The maximum Gasteiger partial charge on any atom is 0.278 e. The predicted octanol–water partition coefficient (Wildman–Crippen LogP) is 0.831. The Labute approximate surface area is 162 Å². The first-order valence-corrected chi connectivity index (χ1v) is 8.49. The number of carboxylic acid groups (broad SMARTS) is 1. The minimum Gasteiger partial charge on any atom is -0.545 e. The lowest BCUT2D eigenvalue weighted by Crippen LogP contribution is -2.34. The number of rotatable bonds is 4. The molecule has 2 aromatic rings. The van der Waals surface area contributed by atoms with E-state index in [0.717, 1.165) is 4.90 Å². The normalized spacial score (nSPS) is 20.6. The minimum absolute atomic E-state index is 0.0977. The molecule has 4 rings (SSSR count). The highest BCUT2D eigenvalue weighted by molar-refractivity contribution is 6.52. The van der Waals surface area contributed by atoms with E-state index in [4.69, 9.17) is 16.4 Å². The highest BCUT2D eigenvalue weighted by Gasteiger charge is 2.57. The molecule has 0 saturated carbocycles. The SMILES string of the molecule is O=C([O-])c1ccc(N2C(=O)[C@@H]3C(C(=O)c4ccc(Cl)cc4)=NO[C@@H]3C2=O)cc1. The number of carbonyl (C=O) groups is 4. The number of hydrogen-bond acceptors (Lipinski definition) is 7. The number of halogens is 1. The van der Waals surface area contributed by atoms with E-state index in [1.807, 2.05) is 0 Å². The number of aromatic carboxylic acids is 1. The van der Waals surface area contributed by atoms with Crippen LogP contribution in [0.5, 0.6) is 0 Å². The van der Waals surface area contributed by atoms with E-state index in [1.165, 1.54) is 48.5 Å². The zero-order valence-electron chi connectivity index (χ0n) is 14.0. The molecule has 2 atom stereocenters. The number of carbonyl (C=O) groups excluding carboxylic acids is 4. The molecule has 0 bridgehead atoms. The van der Waals surface area contributed by atoms with Gasteiger partial charge in [0.15, 0.2) is 0 Å². The van der Waals surface area contributed by atoms with Gasteiger partial charge in [0, 0.05) is 10.6 Å². The van der Waals surface area contributed by atoms with Gasteiger partial charge in [-0.15, -0.1) is 0 Å². The van der Waals surface area contributed by atoms with Crippen LogP contribution in [0.1, 0.15) is 20.7 Å². The van der Waals surface area contributed by atoms with Gasteiger partial charge in [-0.05, 0) is 42.0 Å². The zero-order chi connectivity index (χ0) is 20.0. The Morgan fingerprint density at radius 2 is 1.57 bits per heavy atom. The molecular formula is C19H10ClN2O6-. The van der Waals surface area contributed by atoms with Crippen LogP contribution in [0.15, 0.2) is 53.7 Å². The zero-order valence-corrected chi connectivity index (χ0v) is 14.8. The third-order valence-electron chi connectivity index (χ3n) is 4.51. The summed E-state index contributed by atoms with van der Waals surface area (Å²) >= 11 is 5.81. The van der Waals surface area contributed by atoms with Crippen molar-refractivity contribution in [3.05, 3.63) is 64.7 Å². The minimum atomic E-state index is -1.38. The smallest absolute Gasteiger partial charge is 0.278 e. The van der Waals surface area contributed by atoms with E-state index < -0.39 is 35.6 Å². The number of nitrogens with zero attached hydrogens (tertiary/aromatic N) is 2. The van der Waals surface area contributed by atoms with Crippen molar-refractivity contribution >= 4 is 46.6 Å². The molecule has 1 fully saturated rings. The summed E-state index contributed by atoms with van der Waals surface area (Å²) in [5.74, 6) is -4.45. The predicted molar refractivity (Wildman–Crippen MR) is 94.8 cm³/mol. The van der Waals surface area contributed by atoms with Crippen molar-refractivity contribution in [3.63, 3.8) is 0 Å². The number of imide groups is 1. The van der Waals surface area contributed by atoms with Gasteiger partial charge in [-0.2, -0.15) is 0 Å². The van der Waals surface area contributed by atoms with Crippen LogP contribution in [0.2, 0.25) is 5.02 Å². The highest BCUT2D eigenvalue weighted by Crippen LogP contribution is 2.34. The van der Waals surface area contributed by atoms with Gasteiger partial charge in [0.2, 0.25) is 17.8 Å². The molecule has 9 heteroatoms. The lowest BCUT2D eigenvalue weighted by atomic mass is 9.93. The van der Waals surface area contributed by atoms with Crippen LogP contribution in [0.4, 0.5) is 5.69 Å². The molecule has 2 aromatic carbocycles. The first-order chi connectivity index (χ1) is 13.4. The van der Waals surface area contributed by atoms with Crippen molar-refractivity contribution in [1.29, 1.82) is 0 Å². The van der Waals surface area contributed by atoms with Crippen molar-refractivity contribution in [2.75, 3.05) is 4.90 Å². The van der Waals surface area contributed by atoms with Crippen molar-refractivity contribution in [3.8, 4) is 0 Å². The summed E-state index contributed by atoms with van der Waals surface area (Å²) in [7, 11) is 0. The van der Waals surface area contributed by atoms with Gasteiger partial charge < -0.3 is 14.7 Å². The molecular weight excluding hydrogens is 388 g/mol. The van der Waals surface area contributed by atoms with Gasteiger partial charge in [0.1, 0.15) is 11.6 Å². The number of carboxylic acids is 1. The van der Waals surface area contributed by atoms with Gasteiger partial charge in [0.25, 0.3) is 5.91 Å². The van der Waals surface area contributed by atoms with Crippen molar-refractivity contribution < 1.29 is 29.1 Å². The van der Waals surface area contributed by atoms with Crippen molar-refractivity contribution in [2.45, 2.75) is 6.10 Å². The second-order valence-corrected chi connectivity index (χ2v) is 6.60. The molecule has 0 aliphatic carbocycles. The maximum absolute atomic E-state index is 12.9. The molecule has 1 saturated heterocycles. The lowest BCUT2D eigenvalue weighted by Gasteiger charge is -2.16. The topological polar surface area (TPSA) is 116 Å². The van der Waals surface area contributed by atoms with E-state index in [-0.39, 0.29) is 22.5 Å². The second kappa shape index (κ2) is 6.58. The summed E-state index contributed by atoms with van der Waals surface area (Å²) in [5.41, 5.74) is 0.152. The number of Topliss-reactive ketones (excluding diaryl/α,β-unsaturated/α-hetero) is 1. The fourth-order valence-corrected chi connectivity index (χ4v) is 3.24. The third kappa shape index (κ3) is 2.74. The molecule has 28 heavy (non-hydrogen) atoms. The summed E-state index contributed by atoms with van der Waals surface area (Å²) in [6, 6.07) is 11.1. The fraction of sp³-hybridized carbons (Fsp3) is 0.105. The fourth-order valence-electron chi connectivity index (χ4n) is 3.12. The Kier molecular flexibility index (Phi) is 4.20. The van der Waals surface area contributed by atoms with Gasteiger partial charge >= 0.3 is 0 Å². The van der Waals surface area contributed by atoms with Gasteiger partial charge in [-0.1, -0.05) is 28.9 Å². The Morgan fingerprint density at radius 3 is 2.18 bits per heavy atom. The molecule has 2 amide bonds. The number of anilines is 1. The monoisotopic (exact) mass is 397 g/mol.